The molecular formula is C19H16ClN3O2. The number of nitrogens with one attached hydrogen (secondary N) is 2. The first kappa shape index (κ1) is 15.6. The molecule has 126 valence electrons. The van der Waals surface area contributed by atoms with Crippen LogP contribution in [0.2, 0.25) is 5.02 Å². The van der Waals surface area contributed by atoms with E-state index >= 15 is 0 Å². The van der Waals surface area contributed by atoms with Gasteiger partial charge in [-0.2, -0.15) is 0 Å². The number of dihydropyridines is 1. The average Bonchev–Trinajstić information content (AvgIpc) is 2.62. The predicted octanol–water partition coefficient (Wildman–Crippen LogP) is 4.24. The average molecular weight is 354 g/mol. The number of aliphatic imine (C=N–C) groups is 1. The molecule has 0 fully saturated rings. The van der Waals surface area contributed by atoms with Crippen molar-refractivity contribution < 1.29 is 9.84 Å². The highest BCUT2D eigenvalue weighted by atomic mass is 35.5. The van der Waals surface area contributed by atoms with Gasteiger partial charge in [0.05, 0.1) is 24.5 Å². The lowest BCUT2D eigenvalue weighted by Gasteiger charge is -2.31. The number of methoxy groups -OCH3 is 1. The van der Waals surface area contributed by atoms with Gasteiger partial charge in [-0.3, -0.25) is 0 Å². The van der Waals surface area contributed by atoms with Gasteiger partial charge < -0.3 is 20.5 Å². The molecular weight excluding hydrogens is 338 g/mol. The van der Waals surface area contributed by atoms with Crippen molar-refractivity contribution in [2.24, 2.45) is 4.99 Å². The van der Waals surface area contributed by atoms with Gasteiger partial charge in [-0.05, 0) is 48.5 Å². The molecule has 2 heterocycles. The van der Waals surface area contributed by atoms with E-state index in [0.717, 1.165) is 28.3 Å². The third kappa shape index (κ3) is 2.94. The van der Waals surface area contributed by atoms with Crippen LogP contribution < -0.4 is 10.6 Å². The highest BCUT2D eigenvalue weighted by Crippen LogP contribution is 2.38. The quantitative estimate of drug-likeness (QED) is 0.707. The molecule has 0 spiro atoms. The number of rotatable bonds is 2. The normalized spacial score (nSPS) is 18.0. The lowest BCUT2D eigenvalue weighted by atomic mass is 9.97. The molecule has 0 saturated heterocycles. The number of fused-ring (bicyclic) bond motifs is 2. The van der Waals surface area contributed by atoms with Gasteiger partial charge in [-0.1, -0.05) is 17.7 Å². The Morgan fingerprint density at radius 1 is 1.20 bits per heavy atom. The van der Waals surface area contributed by atoms with Crippen LogP contribution in [-0.2, 0) is 4.74 Å². The molecule has 4 rings (SSSR count). The van der Waals surface area contributed by atoms with Crippen LogP contribution in [0.25, 0.3) is 5.70 Å². The summed E-state index contributed by atoms with van der Waals surface area (Å²) in [6, 6.07) is 12.5. The SMILES string of the molecule is COC1=NC2=C(Nc3ccc(O)cc3)c3ccc(Cl)cc3NC2C=C1. The zero-order chi connectivity index (χ0) is 17.4. The third-order valence-corrected chi connectivity index (χ3v) is 4.36. The second-order valence-corrected chi connectivity index (χ2v) is 6.19. The predicted molar refractivity (Wildman–Crippen MR) is 101 cm³/mol. The summed E-state index contributed by atoms with van der Waals surface area (Å²) in [7, 11) is 1.60. The monoisotopic (exact) mass is 353 g/mol. The Balaban J connectivity index is 1.85. The molecule has 3 N–H and O–H groups in total. The van der Waals surface area contributed by atoms with Crippen molar-refractivity contribution in [1.82, 2.24) is 0 Å². The maximum absolute atomic E-state index is 9.49. The zero-order valence-corrected chi connectivity index (χ0v) is 14.2. The smallest absolute Gasteiger partial charge is 0.213 e. The second-order valence-electron chi connectivity index (χ2n) is 5.76. The van der Waals surface area contributed by atoms with E-state index in [9.17, 15) is 5.11 Å². The number of phenols is 1. The Kier molecular flexibility index (Phi) is 3.86. The van der Waals surface area contributed by atoms with E-state index in [1.807, 2.05) is 42.5 Å². The summed E-state index contributed by atoms with van der Waals surface area (Å²) in [5.74, 6) is 0.773. The summed E-state index contributed by atoms with van der Waals surface area (Å²) in [5.41, 5.74) is 4.47. The Labute approximate surface area is 150 Å². The Morgan fingerprint density at radius 2 is 2.00 bits per heavy atom. The molecule has 5 nitrogen and oxygen atoms in total. The minimum Gasteiger partial charge on any atom is -0.508 e. The van der Waals surface area contributed by atoms with Crippen molar-refractivity contribution in [2.45, 2.75) is 6.04 Å². The van der Waals surface area contributed by atoms with Gasteiger partial charge in [-0.15, -0.1) is 0 Å². The van der Waals surface area contributed by atoms with Crippen LogP contribution in [0, 0.1) is 0 Å². The number of hydrogen-bond donors (Lipinski definition) is 3. The van der Waals surface area contributed by atoms with Crippen LogP contribution in [0.5, 0.6) is 5.75 Å². The lowest BCUT2D eigenvalue weighted by Crippen LogP contribution is -2.29. The third-order valence-electron chi connectivity index (χ3n) is 4.12. The highest BCUT2D eigenvalue weighted by Gasteiger charge is 2.28. The van der Waals surface area contributed by atoms with Gasteiger partial charge in [-0.25, -0.2) is 4.99 Å². The van der Waals surface area contributed by atoms with Crippen LogP contribution in [-0.4, -0.2) is 24.2 Å². The maximum atomic E-state index is 9.49. The standard InChI is InChI=1S/C19H16ClN3O2/c1-25-17-9-8-15-19(23-17)18(21-12-3-5-13(24)6-4-12)14-7-2-11(20)10-16(14)22-15/h2-10,15,21-22,24H,1H3. The Hall–Kier alpha value is -2.92. The van der Waals surface area contributed by atoms with Gasteiger partial charge in [0.1, 0.15) is 5.75 Å². The van der Waals surface area contributed by atoms with Crippen LogP contribution in [0.15, 0.2) is 65.3 Å². The number of benzene rings is 2. The molecule has 2 aromatic carbocycles. The van der Waals surface area contributed by atoms with Crippen molar-refractivity contribution in [3.05, 3.63) is 70.9 Å². The molecule has 2 aliphatic heterocycles. The van der Waals surface area contributed by atoms with Gasteiger partial charge >= 0.3 is 0 Å². The van der Waals surface area contributed by atoms with Crippen molar-refractivity contribution in [3.63, 3.8) is 0 Å². The highest BCUT2D eigenvalue weighted by molar-refractivity contribution is 6.31. The van der Waals surface area contributed by atoms with Crippen molar-refractivity contribution in [2.75, 3.05) is 17.7 Å². The summed E-state index contributed by atoms with van der Waals surface area (Å²) >= 11 is 6.15. The molecule has 6 heteroatoms. The molecule has 0 aromatic heterocycles. The number of halogens is 1. The number of aromatic hydroxyl groups is 1. The zero-order valence-electron chi connectivity index (χ0n) is 13.5. The summed E-state index contributed by atoms with van der Waals surface area (Å²) in [6.45, 7) is 0. The second kappa shape index (κ2) is 6.18. The van der Waals surface area contributed by atoms with Gasteiger partial charge in [0.25, 0.3) is 0 Å². The molecule has 1 atom stereocenters. The van der Waals surface area contributed by atoms with Crippen LogP contribution in [0.3, 0.4) is 0 Å². The largest absolute Gasteiger partial charge is 0.508 e. The van der Waals surface area contributed by atoms with Crippen LogP contribution in [0.4, 0.5) is 11.4 Å². The molecule has 0 bridgehead atoms. The molecule has 0 aliphatic carbocycles. The maximum Gasteiger partial charge on any atom is 0.213 e. The van der Waals surface area contributed by atoms with Crippen LogP contribution >= 0.6 is 11.6 Å². The van der Waals surface area contributed by atoms with E-state index in [2.05, 4.69) is 15.6 Å². The number of ether oxygens (including phenoxy) is 1. The summed E-state index contributed by atoms with van der Waals surface area (Å²) in [5, 5.41) is 17.0. The fourth-order valence-corrected chi connectivity index (χ4v) is 3.09. The van der Waals surface area contributed by atoms with E-state index in [4.69, 9.17) is 16.3 Å². The number of nitrogens with zero attached hydrogens (tertiary/aromatic N) is 1. The lowest BCUT2D eigenvalue weighted by molar-refractivity contribution is 0.405. The van der Waals surface area contributed by atoms with E-state index in [-0.39, 0.29) is 11.8 Å². The Morgan fingerprint density at radius 3 is 2.76 bits per heavy atom. The molecule has 0 saturated carbocycles. The van der Waals surface area contributed by atoms with Crippen molar-refractivity contribution >= 4 is 34.6 Å². The Bertz CT molecular complexity index is 917. The first-order valence-corrected chi connectivity index (χ1v) is 8.19. The van der Waals surface area contributed by atoms with E-state index in [0.29, 0.717) is 10.9 Å². The van der Waals surface area contributed by atoms with Gasteiger partial charge in [0.15, 0.2) is 0 Å². The molecule has 25 heavy (non-hydrogen) atoms. The molecule has 0 amide bonds. The first-order chi connectivity index (χ1) is 12.1. The fourth-order valence-electron chi connectivity index (χ4n) is 2.92. The van der Waals surface area contributed by atoms with Crippen LogP contribution in [0.1, 0.15) is 5.56 Å². The summed E-state index contributed by atoms with van der Waals surface area (Å²) < 4.78 is 5.28. The topological polar surface area (TPSA) is 65.9 Å². The minimum absolute atomic E-state index is 0.0792. The molecule has 2 aliphatic rings. The summed E-state index contributed by atoms with van der Waals surface area (Å²) in [6.07, 6.45) is 3.85. The van der Waals surface area contributed by atoms with Crippen molar-refractivity contribution in [3.8, 4) is 5.75 Å². The number of anilines is 2. The van der Waals surface area contributed by atoms with Gasteiger partial charge in [0, 0.05) is 22.0 Å². The van der Waals surface area contributed by atoms with E-state index in [1.165, 1.54) is 0 Å². The first-order valence-electron chi connectivity index (χ1n) is 7.81. The van der Waals surface area contributed by atoms with E-state index < -0.39 is 0 Å². The van der Waals surface area contributed by atoms with Gasteiger partial charge in [0.2, 0.25) is 5.90 Å². The fraction of sp³-hybridized carbons (Fsp3) is 0.105. The summed E-state index contributed by atoms with van der Waals surface area (Å²) in [4.78, 5) is 4.62. The molecule has 0 radical (unpaired) electrons. The number of phenolic OH excluding ortho intramolecular Hbond substituents is 1. The molecule has 1 unspecified atom stereocenters. The minimum atomic E-state index is -0.0792. The van der Waals surface area contributed by atoms with Crippen molar-refractivity contribution in [1.29, 1.82) is 0 Å². The molecule has 2 aromatic rings. The number of hydrogen-bond acceptors (Lipinski definition) is 5. The van der Waals surface area contributed by atoms with E-state index in [1.54, 1.807) is 19.2 Å².